The SMILES string of the molecule is CN(C)C(=O)c1cc2cnc(CCc3ccc(N4CCN(CCC5CCN(c6ccc(C7CCC(=O)NC7=O)c(Cl)c6)CC5)CC4)cn3)nc2n1C1CCCC1. The van der Waals surface area contributed by atoms with E-state index in [4.69, 9.17) is 21.6 Å². The van der Waals surface area contributed by atoms with Crippen LogP contribution in [0.15, 0.2) is 48.8 Å². The molecule has 4 aromatic rings. The highest BCUT2D eigenvalue weighted by atomic mass is 35.5. The maximum Gasteiger partial charge on any atom is 0.270 e. The minimum atomic E-state index is -0.364. The zero-order valence-electron chi connectivity index (χ0n) is 32.8. The van der Waals surface area contributed by atoms with E-state index in [0.29, 0.717) is 41.9 Å². The maximum absolute atomic E-state index is 13.1. The molecule has 12 nitrogen and oxygen atoms in total. The Morgan fingerprint density at radius 3 is 2.30 bits per heavy atom. The molecule has 0 spiro atoms. The Kier molecular flexibility index (Phi) is 11.6. The van der Waals surface area contributed by atoms with E-state index in [2.05, 4.69) is 47.8 Å². The van der Waals surface area contributed by atoms with Gasteiger partial charge >= 0.3 is 0 Å². The number of pyridine rings is 1. The number of imide groups is 1. The van der Waals surface area contributed by atoms with E-state index in [-0.39, 0.29) is 23.6 Å². The Balaban J connectivity index is 0.777. The number of fused-ring (bicyclic) bond motifs is 1. The quantitative estimate of drug-likeness (QED) is 0.182. The van der Waals surface area contributed by atoms with Gasteiger partial charge in [-0.05, 0) is 93.3 Å². The minimum absolute atomic E-state index is 0.0109. The van der Waals surface area contributed by atoms with Gasteiger partial charge in [0.2, 0.25) is 11.8 Å². The van der Waals surface area contributed by atoms with Crippen LogP contribution in [0.5, 0.6) is 0 Å². The van der Waals surface area contributed by atoms with E-state index >= 15 is 0 Å². The van der Waals surface area contributed by atoms with Crippen LogP contribution in [-0.2, 0) is 22.4 Å². The molecule has 56 heavy (non-hydrogen) atoms. The van der Waals surface area contributed by atoms with Crippen LogP contribution >= 0.6 is 11.6 Å². The summed E-state index contributed by atoms with van der Waals surface area (Å²) in [5, 5.41) is 3.97. The first-order chi connectivity index (χ1) is 27.2. The first-order valence-electron chi connectivity index (χ1n) is 20.6. The highest BCUT2D eigenvalue weighted by molar-refractivity contribution is 6.32. The number of amides is 3. The average Bonchev–Trinajstić information content (AvgIpc) is 3.88. The van der Waals surface area contributed by atoms with Crippen molar-refractivity contribution in [3.8, 4) is 0 Å². The molecule has 1 unspecified atom stereocenters. The van der Waals surface area contributed by atoms with E-state index in [0.717, 1.165) is 112 Å². The first-order valence-corrected chi connectivity index (χ1v) is 21.0. The predicted molar refractivity (Wildman–Crippen MR) is 219 cm³/mol. The third kappa shape index (κ3) is 8.41. The van der Waals surface area contributed by atoms with Crippen molar-refractivity contribution in [1.29, 1.82) is 0 Å². The Labute approximate surface area is 334 Å². The molecule has 8 rings (SSSR count). The van der Waals surface area contributed by atoms with Crippen molar-refractivity contribution < 1.29 is 14.4 Å². The third-order valence-electron chi connectivity index (χ3n) is 12.5. The number of hydrogen-bond donors (Lipinski definition) is 1. The van der Waals surface area contributed by atoms with E-state index in [1.165, 1.54) is 24.9 Å². The summed E-state index contributed by atoms with van der Waals surface area (Å²) in [6.07, 6.45) is 14.3. The number of carbonyl (C=O) groups is 3. The summed E-state index contributed by atoms with van der Waals surface area (Å²) in [4.78, 5) is 60.6. The number of nitrogens with one attached hydrogen (secondary N) is 1. The van der Waals surface area contributed by atoms with Gasteiger partial charge in [0.15, 0.2) is 0 Å². The van der Waals surface area contributed by atoms with Crippen molar-refractivity contribution in [2.24, 2.45) is 5.92 Å². The molecule has 3 saturated heterocycles. The van der Waals surface area contributed by atoms with Gasteiger partial charge in [0, 0.05) is 100 Å². The van der Waals surface area contributed by atoms with Crippen molar-refractivity contribution in [2.75, 3.05) is 69.7 Å². The summed E-state index contributed by atoms with van der Waals surface area (Å²) in [7, 11) is 3.61. The fourth-order valence-electron chi connectivity index (χ4n) is 9.14. The summed E-state index contributed by atoms with van der Waals surface area (Å²) in [6, 6.07) is 12.6. The van der Waals surface area contributed by atoms with E-state index in [1.807, 2.05) is 30.6 Å². The number of aryl methyl sites for hydroxylation is 2. The Bertz CT molecular complexity index is 2050. The molecule has 1 aliphatic carbocycles. The number of piperidine rings is 2. The highest BCUT2D eigenvalue weighted by Crippen LogP contribution is 2.36. The summed E-state index contributed by atoms with van der Waals surface area (Å²) >= 11 is 6.67. The number of nitrogens with zero attached hydrogens (tertiary/aromatic N) is 8. The van der Waals surface area contributed by atoms with Gasteiger partial charge in [-0.1, -0.05) is 30.5 Å². The summed E-state index contributed by atoms with van der Waals surface area (Å²) < 4.78 is 2.18. The number of halogens is 1. The molecule has 0 bridgehead atoms. The standard InChI is InChI=1S/C43H54ClN9O3/c1-49(2)43(56)38-25-30-27-46-39(47-41(30)53(38)32-5-3-4-6-32)13-8-31-7-9-34(28-45-31)52-23-21-50(22-24-52)18-15-29-16-19-51(20-17-29)33-10-11-35(37(44)26-33)36-12-14-40(54)48-42(36)55/h7,9-11,25-29,32,36H,3-6,8,12-24H2,1-2H3,(H,48,54,55). The number of benzene rings is 1. The molecule has 4 aliphatic rings. The van der Waals surface area contributed by atoms with E-state index in [1.54, 1.807) is 19.0 Å². The topological polar surface area (TPSA) is 120 Å². The molecule has 4 fully saturated rings. The number of anilines is 2. The maximum atomic E-state index is 13.1. The van der Waals surface area contributed by atoms with E-state index in [9.17, 15) is 14.4 Å². The number of aromatic nitrogens is 4. The molecule has 1 N–H and O–H groups in total. The predicted octanol–water partition coefficient (Wildman–Crippen LogP) is 6.03. The third-order valence-corrected chi connectivity index (χ3v) is 12.9. The number of piperazine rings is 1. The minimum Gasteiger partial charge on any atom is -0.371 e. The van der Waals surface area contributed by atoms with Crippen LogP contribution in [0.25, 0.3) is 11.0 Å². The largest absolute Gasteiger partial charge is 0.371 e. The van der Waals surface area contributed by atoms with Crippen molar-refractivity contribution in [2.45, 2.75) is 82.6 Å². The lowest BCUT2D eigenvalue weighted by atomic mass is 9.90. The Morgan fingerprint density at radius 1 is 0.857 bits per heavy atom. The first kappa shape index (κ1) is 38.3. The van der Waals surface area contributed by atoms with Gasteiger partial charge in [-0.2, -0.15) is 0 Å². The second-order valence-electron chi connectivity index (χ2n) is 16.4. The number of carbonyl (C=O) groups excluding carboxylic acids is 3. The van der Waals surface area contributed by atoms with Crippen molar-refractivity contribution in [3.63, 3.8) is 0 Å². The van der Waals surface area contributed by atoms with Crippen molar-refractivity contribution >= 4 is 51.7 Å². The normalized spacial score (nSPS) is 20.2. The molecule has 3 amide bonds. The van der Waals surface area contributed by atoms with Crippen LogP contribution in [-0.4, -0.2) is 107 Å². The van der Waals surface area contributed by atoms with Crippen molar-refractivity contribution in [3.05, 3.63) is 76.6 Å². The molecule has 1 saturated carbocycles. The van der Waals surface area contributed by atoms with Gasteiger partial charge in [0.05, 0.1) is 17.8 Å². The average molecular weight is 780 g/mol. The van der Waals surface area contributed by atoms with Crippen LogP contribution in [0, 0.1) is 5.92 Å². The summed E-state index contributed by atoms with van der Waals surface area (Å²) in [5.41, 5.74) is 5.70. The van der Waals surface area contributed by atoms with Crippen LogP contribution in [0.2, 0.25) is 5.02 Å². The van der Waals surface area contributed by atoms with Crippen molar-refractivity contribution in [1.82, 2.24) is 34.6 Å². The molecule has 1 aromatic carbocycles. The number of rotatable bonds is 11. The molecular formula is C43H54ClN9O3. The van der Waals surface area contributed by atoms with Gasteiger partial charge in [-0.15, -0.1) is 0 Å². The lowest BCUT2D eigenvalue weighted by molar-refractivity contribution is -0.134. The number of hydrogen-bond acceptors (Lipinski definition) is 9. The van der Waals surface area contributed by atoms with Crippen LogP contribution in [0.3, 0.4) is 0 Å². The van der Waals surface area contributed by atoms with Crippen LogP contribution in [0.4, 0.5) is 11.4 Å². The van der Waals surface area contributed by atoms with Gasteiger partial charge in [0.1, 0.15) is 17.2 Å². The lowest BCUT2D eigenvalue weighted by Gasteiger charge is -2.38. The summed E-state index contributed by atoms with van der Waals surface area (Å²) in [6.45, 7) is 7.27. The lowest BCUT2D eigenvalue weighted by Crippen LogP contribution is -2.47. The van der Waals surface area contributed by atoms with E-state index < -0.39 is 0 Å². The molecule has 296 valence electrons. The Hall–Kier alpha value is -4.55. The molecule has 6 heterocycles. The second kappa shape index (κ2) is 16.9. The fraction of sp³-hybridized carbons (Fsp3) is 0.535. The smallest absolute Gasteiger partial charge is 0.270 e. The molecular weight excluding hydrogens is 726 g/mol. The fourth-order valence-corrected chi connectivity index (χ4v) is 9.45. The summed E-state index contributed by atoms with van der Waals surface area (Å²) in [5.74, 6) is 0.689. The molecule has 0 radical (unpaired) electrons. The molecule has 3 aromatic heterocycles. The van der Waals surface area contributed by atoms with Crippen LogP contribution in [0.1, 0.15) is 97.3 Å². The molecule has 13 heteroatoms. The Morgan fingerprint density at radius 2 is 1.61 bits per heavy atom. The zero-order chi connectivity index (χ0) is 38.8. The molecule has 1 atom stereocenters. The molecule has 3 aliphatic heterocycles. The van der Waals surface area contributed by atoms with Crippen LogP contribution < -0.4 is 15.1 Å². The monoisotopic (exact) mass is 779 g/mol. The van der Waals surface area contributed by atoms with Gasteiger partial charge in [-0.25, -0.2) is 9.97 Å². The second-order valence-corrected chi connectivity index (χ2v) is 16.8. The van der Waals surface area contributed by atoms with Gasteiger partial charge in [-0.3, -0.25) is 29.6 Å². The highest BCUT2D eigenvalue weighted by Gasteiger charge is 2.31. The van der Waals surface area contributed by atoms with Gasteiger partial charge < -0.3 is 19.3 Å². The van der Waals surface area contributed by atoms with Gasteiger partial charge in [0.25, 0.3) is 5.91 Å². The zero-order valence-corrected chi connectivity index (χ0v) is 33.5.